The fourth-order valence-corrected chi connectivity index (χ4v) is 2.27. The number of hydrogen-bond acceptors (Lipinski definition) is 5. The maximum atomic E-state index is 12.3. The minimum atomic E-state index is -4.41. The topological polar surface area (TPSA) is 49.8 Å². The van der Waals surface area contributed by atoms with Crippen molar-refractivity contribution in [1.29, 1.82) is 0 Å². The molecule has 0 atom stereocenters. The third kappa shape index (κ3) is 3.67. The first kappa shape index (κ1) is 13.3. The Morgan fingerprint density at radius 1 is 1.39 bits per heavy atom. The molecule has 2 heterocycles. The zero-order valence-electron chi connectivity index (χ0n) is 9.55. The molecule has 1 aromatic rings. The first-order valence-corrected chi connectivity index (χ1v) is 6.40. The molecule has 100 valence electrons. The number of nitrogens with one attached hydrogen (secondary N) is 2. The van der Waals surface area contributed by atoms with Crippen LogP contribution in [0.4, 0.5) is 18.3 Å². The van der Waals surface area contributed by atoms with Crippen LogP contribution in [0.15, 0.2) is 11.6 Å². The molecular weight excluding hydrogens is 265 g/mol. The SMILES string of the molecule is FC(F)(F)c1nnc(NCCC2=CCNCC2)s1. The molecule has 0 saturated carbocycles. The Bertz CT molecular complexity index is 427. The molecular formula is C10H13F3N4S. The molecule has 18 heavy (non-hydrogen) atoms. The molecule has 0 saturated heterocycles. The molecule has 1 aliphatic heterocycles. The van der Waals surface area contributed by atoms with Crippen LogP contribution >= 0.6 is 11.3 Å². The van der Waals surface area contributed by atoms with Crippen LogP contribution in [-0.2, 0) is 6.18 Å². The summed E-state index contributed by atoms with van der Waals surface area (Å²) in [5.41, 5.74) is 1.32. The highest BCUT2D eigenvalue weighted by atomic mass is 32.1. The van der Waals surface area contributed by atoms with E-state index in [0.29, 0.717) is 17.9 Å². The number of halogens is 3. The van der Waals surface area contributed by atoms with Crippen LogP contribution in [0.5, 0.6) is 0 Å². The van der Waals surface area contributed by atoms with E-state index < -0.39 is 11.2 Å². The Kier molecular flexibility index (Phi) is 4.18. The Morgan fingerprint density at radius 3 is 2.83 bits per heavy atom. The zero-order chi connectivity index (χ0) is 13.0. The van der Waals surface area contributed by atoms with E-state index >= 15 is 0 Å². The third-order valence-electron chi connectivity index (χ3n) is 2.55. The van der Waals surface area contributed by atoms with Crippen molar-refractivity contribution < 1.29 is 13.2 Å². The summed E-state index contributed by atoms with van der Waals surface area (Å²) in [4.78, 5) is 0. The summed E-state index contributed by atoms with van der Waals surface area (Å²) < 4.78 is 36.8. The van der Waals surface area contributed by atoms with Gasteiger partial charge >= 0.3 is 6.18 Å². The predicted octanol–water partition coefficient (Wildman–Crippen LogP) is 2.28. The Labute approximate surface area is 106 Å². The minimum absolute atomic E-state index is 0.219. The maximum absolute atomic E-state index is 12.3. The fraction of sp³-hybridized carbons (Fsp3) is 0.600. The molecule has 1 aromatic heterocycles. The second-order valence-electron chi connectivity index (χ2n) is 3.90. The van der Waals surface area contributed by atoms with E-state index in [4.69, 9.17) is 0 Å². The molecule has 4 nitrogen and oxygen atoms in total. The highest BCUT2D eigenvalue weighted by Gasteiger charge is 2.35. The summed E-state index contributed by atoms with van der Waals surface area (Å²) in [5, 5.41) is 12.0. The molecule has 0 bridgehead atoms. The van der Waals surface area contributed by atoms with Crippen molar-refractivity contribution >= 4 is 16.5 Å². The van der Waals surface area contributed by atoms with Gasteiger partial charge in [0, 0.05) is 13.1 Å². The van der Waals surface area contributed by atoms with E-state index in [1.54, 1.807) is 0 Å². The smallest absolute Gasteiger partial charge is 0.360 e. The number of rotatable bonds is 4. The monoisotopic (exact) mass is 278 g/mol. The van der Waals surface area contributed by atoms with Gasteiger partial charge in [0.15, 0.2) is 0 Å². The molecule has 1 aliphatic rings. The molecule has 0 aromatic carbocycles. The standard InChI is InChI=1S/C10H13F3N4S/c11-10(12,13)8-16-17-9(18-8)15-6-3-7-1-4-14-5-2-7/h1,14H,2-6H2,(H,15,17). The van der Waals surface area contributed by atoms with Crippen molar-refractivity contribution in [2.75, 3.05) is 25.0 Å². The summed E-state index contributed by atoms with van der Waals surface area (Å²) >= 11 is 0.536. The van der Waals surface area contributed by atoms with Crippen LogP contribution in [0.25, 0.3) is 0 Å². The Balaban J connectivity index is 1.80. The van der Waals surface area contributed by atoms with Crippen molar-refractivity contribution in [2.24, 2.45) is 0 Å². The van der Waals surface area contributed by atoms with Crippen molar-refractivity contribution in [1.82, 2.24) is 15.5 Å². The molecule has 2 N–H and O–H groups in total. The number of alkyl halides is 3. The summed E-state index contributed by atoms with van der Waals surface area (Å²) in [6, 6.07) is 0. The molecule has 0 aliphatic carbocycles. The molecule has 2 rings (SSSR count). The average Bonchev–Trinajstić information content (AvgIpc) is 2.79. The Morgan fingerprint density at radius 2 is 2.22 bits per heavy atom. The Hall–Kier alpha value is -1.15. The van der Waals surface area contributed by atoms with Crippen LogP contribution in [0.2, 0.25) is 0 Å². The van der Waals surface area contributed by atoms with Gasteiger partial charge in [-0.15, -0.1) is 10.2 Å². The van der Waals surface area contributed by atoms with Gasteiger partial charge in [-0.1, -0.05) is 23.0 Å². The largest absolute Gasteiger partial charge is 0.445 e. The van der Waals surface area contributed by atoms with Gasteiger partial charge in [0.25, 0.3) is 0 Å². The lowest BCUT2D eigenvalue weighted by molar-refractivity contribution is -0.138. The van der Waals surface area contributed by atoms with E-state index in [9.17, 15) is 13.2 Å². The van der Waals surface area contributed by atoms with Gasteiger partial charge in [-0.05, 0) is 19.4 Å². The van der Waals surface area contributed by atoms with Gasteiger partial charge in [-0.3, -0.25) is 0 Å². The third-order valence-corrected chi connectivity index (χ3v) is 3.47. The second kappa shape index (κ2) is 5.66. The van der Waals surface area contributed by atoms with Crippen molar-refractivity contribution in [3.05, 3.63) is 16.7 Å². The molecule has 0 unspecified atom stereocenters. The quantitative estimate of drug-likeness (QED) is 0.830. The predicted molar refractivity (Wildman–Crippen MR) is 63.6 cm³/mol. The lowest BCUT2D eigenvalue weighted by Gasteiger charge is -2.13. The van der Waals surface area contributed by atoms with E-state index in [2.05, 4.69) is 26.9 Å². The first-order valence-electron chi connectivity index (χ1n) is 5.59. The number of hydrogen-bond donors (Lipinski definition) is 2. The van der Waals surface area contributed by atoms with E-state index in [-0.39, 0.29) is 5.13 Å². The number of nitrogens with zero attached hydrogens (tertiary/aromatic N) is 2. The van der Waals surface area contributed by atoms with E-state index in [0.717, 1.165) is 25.9 Å². The first-order chi connectivity index (χ1) is 8.55. The van der Waals surface area contributed by atoms with Gasteiger partial charge in [-0.25, -0.2) is 0 Å². The van der Waals surface area contributed by atoms with Gasteiger partial charge in [-0.2, -0.15) is 13.2 Å². The summed E-state index contributed by atoms with van der Waals surface area (Å²) in [7, 11) is 0. The lowest BCUT2D eigenvalue weighted by atomic mass is 10.1. The number of anilines is 1. The summed E-state index contributed by atoms with van der Waals surface area (Å²) in [6.07, 6.45) is -0.476. The van der Waals surface area contributed by atoms with E-state index in [1.165, 1.54) is 5.57 Å². The van der Waals surface area contributed by atoms with Crippen molar-refractivity contribution in [2.45, 2.75) is 19.0 Å². The highest BCUT2D eigenvalue weighted by molar-refractivity contribution is 7.15. The van der Waals surface area contributed by atoms with Crippen LogP contribution < -0.4 is 10.6 Å². The summed E-state index contributed by atoms with van der Waals surface area (Å²) in [5.74, 6) is 0. The van der Waals surface area contributed by atoms with E-state index in [1.807, 2.05) is 0 Å². The van der Waals surface area contributed by atoms with Gasteiger partial charge in [0.1, 0.15) is 0 Å². The molecule has 8 heteroatoms. The molecule has 0 spiro atoms. The number of aromatic nitrogens is 2. The van der Waals surface area contributed by atoms with Crippen molar-refractivity contribution in [3.63, 3.8) is 0 Å². The second-order valence-corrected chi connectivity index (χ2v) is 4.88. The molecule has 0 fully saturated rings. The van der Waals surface area contributed by atoms with Crippen LogP contribution in [-0.4, -0.2) is 29.8 Å². The molecule has 0 amide bonds. The van der Waals surface area contributed by atoms with Gasteiger partial charge in [0.2, 0.25) is 10.1 Å². The van der Waals surface area contributed by atoms with Crippen LogP contribution in [0.1, 0.15) is 17.8 Å². The van der Waals surface area contributed by atoms with Gasteiger partial charge in [0.05, 0.1) is 0 Å². The highest BCUT2D eigenvalue weighted by Crippen LogP contribution is 2.32. The van der Waals surface area contributed by atoms with Crippen LogP contribution in [0.3, 0.4) is 0 Å². The zero-order valence-corrected chi connectivity index (χ0v) is 10.4. The maximum Gasteiger partial charge on any atom is 0.445 e. The minimum Gasteiger partial charge on any atom is -0.360 e. The summed E-state index contributed by atoms with van der Waals surface area (Å²) in [6.45, 7) is 2.41. The normalized spacial score (nSPS) is 16.5. The lowest BCUT2D eigenvalue weighted by Crippen LogP contribution is -2.21. The van der Waals surface area contributed by atoms with Crippen LogP contribution in [0, 0.1) is 0 Å². The molecule has 0 radical (unpaired) electrons. The van der Waals surface area contributed by atoms with Crippen molar-refractivity contribution in [3.8, 4) is 0 Å². The average molecular weight is 278 g/mol. The van der Waals surface area contributed by atoms with Gasteiger partial charge < -0.3 is 10.6 Å². The fourth-order valence-electron chi connectivity index (χ4n) is 1.64.